The van der Waals surface area contributed by atoms with Crippen LogP contribution in [0.5, 0.6) is 11.6 Å². The summed E-state index contributed by atoms with van der Waals surface area (Å²) < 4.78 is 28.8. The van der Waals surface area contributed by atoms with Crippen LogP contribution in [0.15, 0.2) is 36.8 Å². The normalized spacial score (nSPS) is 14.4. The minimum atomic E-state index is -0.529. The van der Waals surface area contributed by atoms with Gasteiger partial charge in [-0.3, -0.25) is 0 Å². The number of rotatable bonds is 6. The number of carbonyl (C=O) groups excluding carboxylic acids is 1. The molecule has 0 radical (unpaired) electrons. The molecular weight excluding hydrogens is 366 g/mol. The van der Waals surface area contributed by atoms with Crippen molar-refractivity contribution >= 4 is 11.6 Å². The van der Waals surface area contributed by atoms with Gasteiger partial charge in [0, 0.05) is 18.5 Å². The highest BCUT2D eigenvalue weighted by atomic mass is 16.7. The van der Waals surface area contributed by atoms with Crippen LogP contribution in [-0.4, -0.2) is 47.8 Å². The Morgan fingerprint density at radius 2 is 2.14 bits per heavy atom. The lowest BCUT2D eigenvalue weighted by atomic mass is 10.2. The number of pyridine rings is 2. The first-order valence-electron chi connectivity index (χ1n) is 8.64. The molecule has 9 heteroatoms. The van der Waals surface area contributed by atoms with E-state index in [0.29, 0.717) is 47.3 Å². The van der Waals surface area contributed by atoms with Gasteiger partial charge in [-0.25, -0.2) is 14.8 Å². The third-order valence-corrected chi connectivity index (χ3v) is 4.27. The summed E-state index contributed by atoms with van der Waals surface area (Å²) in [5, 5.41) is 0. The number of fused-ring (bicyclic) bond motifs is 1. The fraction of sp³-hybridized carbons (Fsp3) is 0.316. The average molecular weight is 385 g/mol. The summed E-state index contributed by atoms with van der Waals surface area (Å²) >= 11 is 0. The number of esters is 1. The summed E-state index contributed by atoms with van der Waals surface area (Å²) in [5.41, 5.74) is 2.23. The molecule has 0 N–H and O–H groups in total. The van der Waals surface area contributed by atoms with Gasteiger partial charge in [-0.15, -0.1) is 0 Å². The SMILES string of the molecule is COC(=O)c1cccn2cc(COc3cnc(OC)cc3C3OCCO3)nc12. The Balaban J connectivity index is 1.58. The molecule has 0 atom stereocenters. The third kappa shape index (κ3) is 3.49. The monoisotopic (exact) mass is 385 g/mol. The highest BCUT2D eigenvalue weighted by Crippen LogP contribution is 2.33. The molecule has 0 aliphatic carbocycles. The smallest absolute Gasteiger partial charge is 0.341 e. The molecule has 4 rings (SSSR count). The lowest BCUT2D eigenvalue weighted by Crippen LogP contribution is -2.06. The number of ether oxygens (including phenoxy) is 5. The number of hydrogen-bond acceptors (Lipinski definition) is 8. The van der Waals surface area contributed by atoms with Crippen LogP contribution in [0.4, 0.5) is 0 Å². The van der Waals surface area contributed by atoms with Crippen molar-refractivity contribution in [1.82, 2.24) is 14.4 Å². The van der Waals surface area contributed by atoms with Crippen molar-refractivity contribution in [1.29, 1.82) is 0 Å². The molecule has 0 spiro atoms. The van der Waals surface area contributed by atoms with Crippen molar-refractivity contribution < 1.29 is 28.5 Å². The molecule has 0 saturated carbocycles. The standard InChI is InChI=1S/C19H19N3O6/c1-24-16-8-14(19-26-6-7-27-19)15(9-20-16)28-11-12-10-22-5-3-4-13(17(22)21-12)18(23)25-2/h3-5,8-10,19H,6-7,11H2,1-2H3. The quantitative estimate of drug-likeness (QED) is 0.596. The Bertz CT molecular complexity index is 996. The zero-order chi connectivity index (χ0) is 19.5. The van der Waals surface area contributed by atoms with Crippen molar-refractivity contribution in [3.63, 3.8) is 0 Å². The minimum Gasteiger partial charge on any atom is -0.485 e. The number of imidazole rings is 1. The van der Waals surface area contributed by atoms with Crippen LogP contribution in [0.1, 0.15) is 27.9 Å². The molecule has 1 aliphatic rings. The number of carbonyl (C=O) groups is 1. The van der Waals surface area contributed by atoms with E-state index in [-0.39, 0.29) is 6.61 Å². The summed E-state index contributed by atoms with van der Waals surface area (Å²) in [5.74, 6) is 0.510. The van der Waals surface area contributed by atoms with E-state index in [0.717, 1.165) is 0 Å². The van der Waals surface area contributed by atoms with E-state index < -0.39 is 12.3 Å². The van der Waals surface area contributed by atoms with Gasteiger partial charge in [-0.05, 0) is 12.1 Å². The highest BCUT2D eigenvalue weighted by molar-refractivity contribution is 5.95. The van der Waals surface area contributed by atoms with E-state index in [1.165, 1.54) is 7.11 Å². The van der Waals surface area contributed by atoms with Gasteiger partial charge in [0.1, 0.15) is 17.9 Å². The lowest BCUT2D eigenvalue weighted by molar-refractivity contribution is -0.0461. The summed E-state index contributed by atoms with van der Waals surface area (Å²) in [6.07, 6.45) is 4.63. The Kier molecular flexibility index (Phi) is 5.09. The zero-order valence-corrected chi connectivity index (χ0v) is 15.5. The number of methoxy groups -OCH3 is 2. The van der Waals surface area contributed by atoms with Crippen LogP contribution < -0.4 is 9.47 Å². The fourth-order valence-corrected chi connectivity index (χ4v) is 2.95. The molecule has 28 heavy (non-hydrogen) atoms. The van der Waals surface area contributed by atoms with Crippen LogP contribution >= 0.6 is 0 Å². The van der Waals surface area contributed by atoms with Crippen LogP contribution in [-0.2, 0) is 20.8 Å². The molecule has 0 unspecified atom stereocenters. The first-order chi connectivity index (χ1) is 13.7. The molecule has 9 nitrogen and oxygen atoms in total. The summed E-state index contributed by atoms with van der Waals surface area (Å²) in [7, 11) is 2.88. The molecule has 0 bridgehead atoms. The second kappa shape index (κ2) is 7.83. The van der Waals surface area contributed by atoms with Gasteiger partial charge in [-0.2, -0.15) is 0 Å². The molecule has 1 saturated heterocycles. The summed E-state index contributed by atoms with van der Waals surface area (Å²) in [6.45, 7) is 1.20. The Morgan fingerprint density at radius 3 is 2.89 bits per heavy atom. The maximum atomic E-state index is 11.9. The van der Waals surface area contributed by atoms with Gasteiger partial charge in [0.25, 0.3) is 0 Å². The van der Waals surface area contributed by atoms with Gasteiger partial charge in [0.2, 0.25) is 5.88 Å². The number of hydrogen-bond donors (Lipinski definition) is 0. The Labute approximate surface area is 160 Å². The van der Waals surface area contributed by atoms with Gasteiger partial charge in [0.05, 0.1) is 44.9 Å². The molecule has 1 fully saturated rings. The van der Waals surface area contributed by atoms with Crippen molar-refractivity contribution in [2.45, 2.75) is 12.9 Å². The van der Waals surface area contributed by atoms with Crippen LogP contribution in [0.2, 0.25) is 0 Å². The van der Waals surface area contributed by atoms with E-state index in [1.54, 1.807) is 48.3 Å². The molecule has 0 aromatic carbocycles. The third-order valence-electron chi connectivity index (χ3n) is 4.27. The predicted molar refractivity (Wildman–Crippen MR) is 96.3 cm³/mol. The molecule has 4 heterocycles. The van der Waals surface area contributed by atoms with Gasteiger partial charge < -0.3 is 28.1 Å². The summed E-state index contributed by atoms with van der Waals surface area (Å²) in [4.78, 5) is 20.6. The first-order valence-corrected chi connectivity index (χ1v) is 8.64. The van der Waals surface area contributed by atoms with Crippen molar-refractivity contribution in [3.05, 3.63) is 53.6 Å². The van der Waals surface area contributed by atoms with Crippen LogP contribution in [0.25, 0.3) is 5.65 Å². The van der Waals surface area contributed by atoms with Crippen molar-refractivity contribution in [2.24, 2.45) is 0 Å². The van der Waals surface area contributed by atoms with Gasteiger partial charge >= 0.3 is 5.97 Å². The van der Waals surface area contributed by atoms with Crippen LogP contribution in [0, 0.1) is 0 Å². The van der Waals surface area contributed by atoms with Gasteiger partial charge in [-0.1, -0.05) is 0 Å². The van der Waals surface area contributed by atoms with Crippen molar-refractivity contribution in [3.8, 4) is 11.6 Å². The Hall–Kier alpha value is -3.17. The van der Waals surface area contributed by atoms with E-state index in [9.17, 15) is 4.79 Å². The molecule has 3 aromatic rings. The number of aromatic nitrogens is 3. The molecular formula is C19H19N3O6. The molecule has 1 aliphatic heterocycles. The molecule has 3 aromatic heterocycles. The lowest BCUT2D eigenvalue weighted by Gasteiger charge is -2.15. The maximum absolute atomic E-state index is 11.9. The Morgan fingerprint density at radius 1 is 1.32 bits per heavy atom. The zero-order valence-electron chi connectivity index (χ0n) is 15.5. The molecule has 0 amide bonds. The predicted octanol–water partition coefficient (Wildman–Crippen LogP) is 2.15. The highest BCUT2D eigenvalue weighted by Gasteiger charge is 2.24. The van der Waals surface area contributed by atoms with Crippen molar-refractivity contribution in [2.75, 3.05) is 27.4 Å². The average Bonchev–Trinajstić information content (AvgIpc) is 3.40. The fourth-order valence-electron chi connectivity index (χ4n) is 2.95. The van der Waals surface area contributed by atoms with E-state index >= 15 is 0 Å². The number of nitrogens with zero attached hydrogens (tertiary/aromatic N) is 3. The van der Waals surface area contributed by atoms with E-state index in [1.807, 2.05) is 0 Å². The largest absolute Gasteiger partial charge is 0.485 e. The second-order valence-corrected chi connectivity index (χ2v) is 6.00. The van der Waals surface area contributed by atoms with Gasteiger partial charge in [0.15, 0.2) is 11.9 Å². The minimum absolute atomic E-state index is 0.177. The topological polar surface area (TPSA) is 93.4 Å². The maximum Gasteiger partial charge on any atom is 0.341 e. The first kappa shape index (κ1) is 18.2. The van der Waals surface area contributed by atoms with E-state index in [2.05, 4.69) is 9.97 Å². The van der Waals surface area contributed by atoms with Crippen LogP contribution in [0.3, 0.4) is 0 Å². The summed E-state index contributed by atoms with van der Waals surface area (Å²) in [6, 6.07) is 5.15. The molecule has 146 valence electrons. The van der Waals surface area contributed by atoms with E-state index in [4.69, 9.17) is 23.7 Å². The second-order valence-electron chi connectivity index (χ2n) is 6.00.